The molecule has 0 fully saturated rings. The fraction of sp³-hybridized carbons (Fsp3) is 0.923. The van der Waals surface area contributed by atoms with E-state index in [4.69, 9.17) is 4.74 Å². The van der Waals surface area contributed by atoms with E-state index in [-0.39, 0.29) is 12.5 Å². The fourth-order valence-corrected chi connectivity index (χ4v) is 1.33. The Morgan fingerprint density at radius 3 is 2.65 bits per heavy atom. The van der Waals surface area contributed by atoms with Gasteiger partial charge < -0.3 is 15.0 Å². The maximum absolute atomic E-state index is 11.3. The number of rotatable bonds is 10. The van der Waals surface area contributed by atoms with Crippen LogP contribution in [0.1, 0.15) is 40.0 Å². The highest BCUT2D eigenvalue weighted by molar-refractivity contribution is 5.77. The third-order valence-electron chi connectivity index (χ3n) is 2.72. The molecule has 0 spiro atoms. The summed E-state index contributed by atoms with van der Waals surface area (Å²) in [7, 11) is 2.13. The van der Waals surface area contributed by atoms with Gasteiger partial charge in [-0.2, -0.15) is 0 Å². The largest absolute Gasteiger partial charge is 0.372 e. The van der Waals surface area contributed by atoms with Crippen molar-refractivity contribution in [3.05, 3.63) is 0 Å². The maximum Gasteiger partial charge on any atom is 0.245 e. The van der Waals surface area contributed by atoms with Crippen LogP contribution in [0, 0.1) is 0 Å². The van der Waals surface area contributed by atoms with E-state index >= 15 is 0 Å². The summed E-state index contributed by atoms with van der Waals surface area (Å²) in [6.45, 7) is 9.09. The van der Waals surface area contributed by atoms with Crippen molar-refractivity contribution < 1.29 is 9.53 Å². The minimum Gasteiger partial charge on any atom is -0.372 e. The lowest BCUT2D eigenvalue weighted by atomic mass is 10.2. The molecule has 0 radical (unpaired) electrons. The molecule has 4 nitrogen and oxygen atoms in total. The van der Waals surface area contributed by atoms with Gasteiger partial charge in [0, 0.05) is 19.2 Å². The molecule has 102 valence electrons. The highest BCUT2D eigenvalue weighted by atomic mass is 16.5. The highest BCUT2D eigenvalue weighted by Gasteiger charge is 2.03. The molecule has 0 unspecified atom stereocenters. The van der Waals surface area contributed by atoms with Crippen LogP contribution in [0.4, 0.5) is 0 Å². The van der Waals surface area contributed by atoms with Gasteiger partial charge in [0.25, 0.3) is 0 Å². The average molecular weight is 244 g/mol. The Morgan fingerprint density at radius 2 is 2.06 bits per heavy atom. The molecule has 0 atom stereocenters. The van der Waals surface area contributed by atoms with Crippen LogP contribution in [0.5, 0.6) is 0 Å². The van der Waals surface area contributed by atoms with Crippen molar-refractivity contribution in [1.82, 2.24) is 10.2 Å². The number of hydrogen-bond acceptors (Lipinski definition) is 3. The zero-order valence-electron chi connectivity index (χ0n) is 11.8. The van der Waals surface area contributed by atoms with E-state index in [1.807, 2.05) is 6.92 Å². The fourth-order valence-electron chi connectivity index (χ4n) is 1.33. The van der Waals surface area contributed by atoms with Gasteiger partial charge >= 0.3 is 0 Å². The summed E-state index contributed by atoms with van der Waals surface area (Å²) in [5, 5.41) is 2.86. The summed E-state index contributed by atoms with van der Waals surface area (Å²) in [5.74, 6) is -0.00401. The van der Waals surface area contributed by atoms with Gasteiger partial charge in [0.2, 0.25) is 5.91 Å². The smallest absolute Gasteiger partial charge is 0.245 e. The molecule has 0 aromatic carbocycles. The average Bonchev–Trinajstić information content (AvgIpc) is 2.28. The van der Waals surface area contributed by atoms with Gasteiger partial charge in [0.05, 0.1) is 0 Å². The first kappa shape index (κ1) is 16.4. The quantitative estimate of drug-likeness (QED) is 0.594. The molecule has 0 saturated carbocycles. The Balaban J connectivity index is 3.30. The number of carbonyl (C=O) groups excluding carboxylic acids is 1. The molecule has 0 aromatic rings. The Morgan fingerprint density at radius 1 is 1.35 bits per heavy atom. The highest BCUT2D eigenvalue weighted by Crippen LogP contribution is 1.97. The first-order valence-corrected chi connectivity index (χ1v) is 6.62. The van der Waals surface area contributed by atoms with Crippen molar-refractivity contribution in [1.29, 1.82) is 0 Å². The molecular formula is C13H28N2O2. The van der Waals surface area contributed by atoms with E-state index in [9.17, 15) is 4.79 Å². The molecule has 0 saturated heterocycles. The van der Waals surface area contributed by atoms with Crippen LogP contribution in [0.3, 0.4) is 0 Å². The minimum atomic E-state index is -0.00401. The Bertz CT molecular complexity index is 196. The van der Waals surface area contributed by atoms with Crippen molar-refractivity contribution in [2.24, 2.45) is 0 Å². The zero-order chi connectivity index (χ0) is 13.1. The third kappa shape index (κ3) is 10.3. The lowest BCUT2D eigenvalue weighted by molar-refractivity contribution is -0.125. The van der Waals surface area contributed by atoms with Gasteiger partial charge in [-0.05, 0) is 46.7 Å². The predicted molar refractivity (Wildman–Crippen MR) is 71.1 cm³/mol. The molecule has 17 heavy (non-hydrogen) atoms. The molecule has 1 N–H and O–H groups in total. The molecule has 0 aliphatic rings. The Hall–Kier alpha value is -0.610. The molecule has 0 aliphatic carbocycles. The normalized spacial score (nSPS) is 11.2. The lowest BCUT2D eigenvalue weighted by Crippen LogP contribution is -2.30. The Labute approximate surface area is 106 Å². The number of unbranched alkanes of at least 4 members (excludes halogenated alkanes) is 1. The maximum atomic E-state index is 11.3. The van der Waals surface area contributed by atoms with Crippen LogP contribution < -0.4 is 5.32 Å². The topological polar surface area (TPSA) is 41.6 Å². The van der Waals surface area contributed by atoms with Crippen LogP contribution in [0.2, 0.25) is 0 Å². The standard InChI is InChI=1S/C13H28N2O2/c1-5-10-17-11-13(16)14-8-6-7-9-15(4)12(2)3/h12H,5-11H2,1-4H3,(H,14,16). The van der Waals surface area contributed by atoms with E-state index in [2.05, 4.69) is 31.1 Å². The third-order valence-corrected chi connectivity index (χ3v) is 2.72. The number of hydrogen-bond donors (Lipinski definition) is 1. The number of nitrogens with one attached hydrogen (secondary N) is 1. The van der Waals surface area contributed by atoms with E-state index in [1.165, 1.54) is 0 Å². The number of amides is 1. The van der Waals surface area contributed by atoms with Crippen LogP contribution >= 0.6 is 0 Å². The van der Waals surface area contributed by atoms with Crippen molar-refractivity contribution >= 4 is 5.91 Å². The SMILES string of the molecule is CCCOCC(=O)NCCCCN(C)C(C)C. The van der Waals surface area contributed by atoms with Crippen molar-refractivity contribution in [2.45, 2.75) is 46.1 Å². The number of nitrogens with zero attached hydrogens (tertiary/aromatic N) is 1. The van der Waals surface area contributed by atoms with E-state index in [0.717, 1.165) is 32.4 Å². The molecule has 0 rings (SSSR count). The van der Waals surface area contributed by atoms with E-state index in [0.29, 0.717) is 12.6 Å². The molecule has 0 aromatic heterocycles. The minimum absolute atomic E-state index is 0.00401. The molecule has 0 heterocycles. The second-order valence-corrected chi connectivity index (χ2v) is 4.68. The van der Waals surface area contributed by atoms with E-state index < -0.39 is 0 Å². The van der Waals surface area contributed by atoms with Gasteiger partial charge in [0.1, 0.15) is 6.61 Å². The monoisotopic (exact) mass is 244 g/mol. The lowest BCUT2D eigenvalue weighted by Gasteiger charge is -2.20. The van der Waals surface area contributed by atoms with Gasteiger partial charge in [-0.1, -0.05) is 6.92 Å². The zero-order valence-corrected chi connectivity index (χ0v) is 11.8. The van der Waals surface area contributed by atoms with Gasteiger partial charge in [-0.3, -0.25) is 4.79 Å². The molecule has 4 heteroatoms. The summed E-state index contributed by atoms with van der Waals surface area (Å²) in [6.07, 6.45) is 3.09. The van der Waals surface area contributed by atoms with Crippen LogP contribution in [-0.2, 0) is 9.53 Å². The summed E-state index contributed by atoms with van der Waals surface area (Å²) >= 11 is 0. The molecule has 0 aliphatic heterocycles. The van der Waals surface area contributed by atoms with Gasteiger partial charge in [0.15, 0.2) is 0 Å². The first-order valence-electron chi connectivity index (χ1n) is 6.62. The summed E-state index contributed by atoms with van der Waals surface area (Å²) in [5.41, 5.74) is 0. The summed E-state index contributed by atoms with van der Waals surface area (Å²) in [6, 6.07) is 0.590. The van der Waals surface area contributed by atoms with Crippen LogP contribution in [0.25, 0.3) is 0 Å². The summed E-state index contributed by atoms with van der Waals surface area (Å²) in [4.78, 5) is 13.6. The predicted octanol–water partition coefficient (Wildman–Crippen LogP) is 1.65. The van der Waals surface area contributed by atoms with Gasteiger partial charge in [-0.25, -0.2) is 0 Å². The Kier molecular flexibility index (Phi) is 10.2. The second kappa shape index (κ2) is 10.5. The van der Waals surface area contributed by atoms with E-state index in [1.54, 1.807) is 0 Å². The number of ether oxygens (including phenoxy) is 1. The van der Waals surface area contributed by atoms with Gasteiger partial charge in [-0.15, -0.1) is 0 Å². The molecule has 1 amide bonds. The molecular weight excluding hydrogens is 216 g/mol. The van der Waals surface area contributed by atoms with Crippen molar-refractivity contribution in [3.8, 4) is 0 Å². The second-order valence-electron chi connectivity index (χ2n) is 4.68. The van der Waals surface area contributed by atoms with Crippen LogP contribution in [-0.4, -0.2) is 50.2 Å². The van der Waals surface area contributed by atoms with Crippen molar-refractivity contribution in [3.63, 3.8) is 0 Å². The number of carbonyl (C=O) groups is 1. The first-order chi connectivity index (χ1) is 8.07. The van der Waals surface area contributed by atoms with Crippen molar-refractivity contribution in [2.75, 3.05) is 33.4 Å². The molecule has 0 bridgehead atoms. The summed E-state index contributed by atoms with van der Waals surface area (Å²) < 4.78 is 5.15. The van der Waals surface area contributed by atoms with Crippen LogP contribution in [0.15, 0.2) is 0 Å².